The van der Waals surface area contributed by atoms with E-state index in [0.717, 1.165) is 35.9 Å². The van der Waals surface area contributed by atoms with Crippen molar-refractivity contribution >= 4 is 11.7 Å². The summed E-state index contributed by atoms with van der Waals surface area (Å²) >= 11 is 0. The Morgan fingerprint density at radius 2 is 1.79 bits per heavy atom. The molecule has 2 atom stereocenters. The fraction of sp³-hybridized carbons (Fsp3) is 0.667. The number of likely N-dealkylation sites (tertiary alicyclic amines) is 1. The highest BCUT2D eigenvalue weighted by Gasteiger charge is 2.25. The quantitative estimate of drug-likeness (QED) is 0.868. The van der Waals surface area contributed by atoms with Gasteiger partial charge in [0, 0.05) is 30.9 Å². The Labute approximate surface area is 143 Å². The first-order valence-corrected chi connectivity index (χ1v) is 8.82. The van der Waals surface area contributed by atoms with Crippen LogP contribution < -0.4 is 0 Å². The lowest BCUT2D eigenvalue weighted by molar-refractivity contribution is -0.133. The van der Waals surface area contributed by atoms with Crippen molar-refractivity contribution in [3.8, 4) is 0 Å². The van der Waals surface area contributed by atoms with Crippen LogP contribution in [0.5, 0.6) is 0 Å². The first kappa shape index (κ1) is 16.9. The van der Waals surface area contributed by atoms with Crippen molar-refractivity contribution in [3.63, 3.8) is 0 Å². The number of fused-ring (bicyclic) bond motifs is 1. The second-order valence-corrected chi connectivity index (χ2v) is 7.38. The zero-order valence-corrected chi connectivity index (χ0v) is 15.3. The minimum absolute atomic E-state index is 0.252. The normalized spacial score (nSPS) is 21.5. The molecule has 0 N–H and O–H groups in total. The van der Waals surface area contributed by atoms with E-state index in [1.165, 1.54) is 6.42 Å². The molecule has 0 spiro atoms. The average molecular weight is 329 g/mol. The second-order valence-electron chi connectivity index (χ2n) is 7.38. The molecule has 2 aromatic heterocycles. The maximum atomic E-state index is 12.6. The molecule has 1 aliphatic rings. The molecule has 6 heteroatoms. The molecule has 2 unspecified atom stereocenters. The highest BCUT2D eigenvalue weighted by molar-refractivity contribution is 5.76. The Kier molecular flexibility index (Phi) is 4.56. The van der Waals surface area contributed by atoms with E-state index < -0.39 is 0 Å². The highest BCUT2D eigenvalue weighted by Crippen LogP contribution is 2.22. The zero-order chi connectivity index (χ0) is 17.4. The van der Waals surface area contributed by atoms with Crippen molar-refractivity contribution in [1.82, 2.24) is 24.5 Å². The molecule has 1 saturated heterocycles. The van der Waals surface area contributed by atoms with Crippen molar-refractivity contribution in [2.24, 2.45) is 11.8 Å². The molecule has 0 radical (unpaired) electrons. The van der Waals surface area contributed by atoms with Crippen LogP contribution in [0.2, 0.25) is 0 Å². The number of carbonyl (C=O) groups excluding carboxylic acids is 1. The molecule has 3 heterocycles. The molecule has 1 amide bonds. The van der Waals surface area contributed by atoms with Crippen molar-refractivity contribution in [2.75, 3.05) is 13.1 Å². The molecule has 0 bridgehead atoms. The Balaban J connectivity index is 1.74. The van der Waals surface area contributed by atoms with Gasteiger partial charge in [-0.05, 0) is 51.0 Å². The summed E-state index contributed by atoms with van der Waals surface area (Å²) < 4.78 is 1.78. The van der Waals surface area contributed by atoms with Crippen LogP contribution in [0.3, 0.4) is 0 Å². The van der Waals surface area contributed by atoms with Gasteiger partial charge < -0.3 is 4.90 Å². The van der Waals surface area contributed by atoms with Gasteiger partial charge in [-0.1, -0.05) is 13.8 Å². The lowest BCUT2D eigenvalue weighted by Gasteiger charge is -2.35. The molecule has 130 valence electrons. The van der Waals surface area contributed by atoms with Gasteiger partial charge >= 0.3 is 0 Å². The summed E-state index contributed by atoms with van der Waals surface area (Å²) in [6.07, 6.45) is 2.45. The predicted octanol–water partition coefficient (Wildman–Crippen LogP) is 2.49. The van der Waals surface area contributed by atoms with Crippen LogP contribution in [0, 0.1) is 32.6 Å². The molecule has 2 aromatic rings. The molecule has 24 heavy (non-hydrogen) atoms. The minimum Gasteiger partial charge on any atom is -0.342 e. The largest absolute Gasteiger partial charge is 0.342 e. The number of piperidine rings is 1. The summed E-state index contributed by atoms with van der Waals surface area (Å²) in [5.41, 5.74) is 3.09. The van der Waals surface area contributed by atoms with E-state index in [4.69, 9.17) is 0 Å². The SMILES string of the molecule is Cc1nc2nc(C)c(CCC(=O)N3CC(C)CC(C)C3)c(C)n2n1. The third-order valence-corrected chi connectivity index (χ3v) is 4.97. The van der Waals surface area contributed by atoms with E-state index in [2.05, 4.69) is 28.9 Å². The molecular formula is C18H27N5O. The fourth-order valence-electron chi connectivity index (χ4n) is 3.93. The molecule has 0 aliphatic carbocycles. The van der Waals surface area contributed by atoms with Gasteiger partial charge in [0.15, 0.2) is 0 Å². The fourth-order valence-corrected chi connectivity index (χ4v) is 3.93. The van der Waals surface area contributed by atoms with E-state index >= 15 is 0 Å². The van der Waals surface area contributed by atoms with E-state index in [1.54, 1.807) is 4.52 Å². The first-order valence-electron chi connectivity index (χ1n) is 8.82. The first-order chi connectivity index (χ1) is 11.3. The number of amides is 1. The lowest BCUT2D eigenvalue weighted by Crippen LogP contribution is -2.42. The molecular weight excluding hydrogens is 302 g/mol. The number of aryl methyl sites for hydroxylation is 3. The Hall–Kier alpha value is -1.98. The van der Waals surface area contributed by atoms with Gasteiger partial charge in [-0.3, -0.25) is 4.79 Å². The number of hydrogen-bond acceptors (Lipinski definition) is 4. The molecule has 1 fully saturated rings. The monoisotopic (exact) mass is 329 g/mol. The summed E-state index contributed by atoms with van der Waals surface area (Å²) in [6, 6.07) is 0. The van der Waals surface area contributed by atoms with Crippen LogP contribution in [0.15, 0.2) is 0 Å². The minimum atomic E-state index is 0.252. The van der Waals surface area contributed by atoms with Crippen LogP contribution in [-0.2, 0) is 11.2 Å². The standard InChI is InChI=1S/C18H27N5O/c1-11-8-12(2)10-22(9-11)17(24)7-6-16-13(3)19-18-20-15(5)21-23(18)14(16)4/h11-12H,6-10H2,1-5H3. The second kappa shape index (κ2) is 6.49. The predicted molar refractivity (Wildman–Crippen MR) is 92.8 cm³/mol. The van der Waals surface area contributed by atoms with Gasteiger partial charge in [0.25, 0.3) is 5.78 Å². The van der Waals surface area contributed by atoms with Gasteiger partial charge in [-0.25, -0.2) is 9.50 Å². The smallest absolute Gasteiger partial charge is 0.252 e. The van der Waals surface area contributed by atoms with E-state index in [1.807, 2.05) is 25.7 Å². The molecule has 1 aliphatic heterocycles. The molecule has 6 nitrogen and oxygen atoms in total. The maximum Gasteiger partial charge on any atom is 0.252 e. The van der Waals surface area contributed by atoms with Gasteiger partial charge in [0.1, 0.15) is 5.82 Å². The number of carbonyl (C=O) groups is 1. The Bertz CT molecular complexity index is 756. The lowest BCUT2D eigenvalue weighted by atomic mass is 9.91. The van der Waals surface area contributed by atoms with E-state index in [-0.39, 0.29) is 5.91 Å². The van der Waals surface area contributed by atoms with Crippen LogP contribution in [0.1, 0.15) is 49.5 Å². The van der Waals surface area contributed by atoms with Crippen LogP contribution >= 0.6 is 0 Å². The van der Waals surface area contributed by atoms with E-state index in [9.17, 15) is 4.79 Å². The number of aromatic nitrogens is 4. The van der Waals surface area contributed by atoms with Gasteiger partial charge in [-0.15, -0.1) is 0 Å². The summed E-state index contributed by atoms with van der Waals surface area (Å²) in [5.74, 6) is 2.79. The number of nitrogens with zero attached hydrogens (tertiary/aromatic N) is 5. The summed E-state index contributed by atoms with van der Waals surface area (Å²) in [6.45, 7) is 12.1. The topological polar surface area (TPSA) is 63.4 Å². The zero-order valence-electron chi connectivity index (χ0n) is 15.3. The van der Waals surface area contributed by atoms with Crippen LogP contribution in [0.4, 0.5) is 0 Å². The molecule has 0 aromatic carbocycles. The Morgan fingerprint density at radius 1 is 1.12 bits per heavy atom. The third kappa shape index (κ3) is 3.28. The van der Waals surface area contributed by atoms with Crippen LogP contribution in [0.25, 0.3) is 5.78 Å². The highest BCUT2D eigenvalue weighted by atomic mass is 16.2. The number of rotatable bonds is 3. The van der Waals surface area contributed by atoms with Crippen molar-refractivity contribution in [1.29, 1.82) is 0 Å². The average Bonchev–Trinajstić information content (AvgIpc) is 2.86. The van der Waals surface area contributed by atoms with Crippen molar-refractivity contribution < 1.29 is 4.79 Å². The van der Waals surface area contributed by atoms with Gasteiger partial charge in [0.2, 0.25) is 5.91 Å². The Morgan fingerprint density at radius 3 is 2.46 bits per heavy atom. The van der Waals surface area contributed by atoms with Gasteiger partial charge in [0.05, 0.1) is 0 Å². The summed E-state index contributed by atoms with van der Waals surface area (Å²) in [5, 5.41) is 4.40. The number of hydrogen-bond donors (Lipinski definition) is 0. The van der Waals surface area contributed by atoms with Crippen molar-refractivity contribution in [3.05, 3.63) is 22.8 Å². The third-order valence-electron chi connectivity index (χ3n) is 4.97. The van der Waals surface area contributed by atoms with E-state index in [0.29, 0.717) is 30.5 Å². The van der Waals surface area contributed by atoms with Gasteiger partial charge in [-0.2, -0.15) is 10.1 Å². The molecule has 3 rings (SSSR count). The summed E-state index contributed by atoms with van der Waals surface area (Å²) in [4.78, 5) is 23.5. The summed E-state index contributed by atoms with van der Waals surface area (Å²) in [7, 11) is 0. The van der Waals surface area contributed by atoms with Crippen LogP contribution in [-0.4, -0.2) is 43.5 Å². The molecule has 0 saturated carbocycles. The van der Waals surface area contributed by atoms with Crippen molar-refractivity contribution in [2.45, 2.75) is 53.9 Å². The maximum absolute atomic E-state index is 12.6.